The van der Waals surface area contributed by atoms with Crippen LogP contribution in [0.2, 0.25) is 0 Å². The topological polar surface area (TPSA) is 97.2 Å². The van der Waals surface area contributed by atoms with Crippen molar-refractivity contribution in [3.63, 3.8) is 0 Å². The molecule has 2 fully saturated rings. The second kappa shape index (κ2) is 10.5. The van der Waals surface area contributed by atoms with Crippen molar-refractivity contribution in [3.05, 3.63) is 18.2 Å². The maximum atomic E-state index is 13.8. The highest BCUT2D eigenvalue weighted by Gasteiger charge is 2.42. The Morgan fingerprint density at radius 3 is 2.20 bits per heavy atom. The Labute approximate surface area is 208 Å². The molecule has 2 atom stereocenters. The fourth-order valence-electron chi connectivity index (χ4n) is 4.52. The molecule has 2 saturated heterocycles. The van der Waals surface area contributed by atoms with Crippen LogP contribution in [0.3, 0.4) is 0 Å². The third-order valence-corrected chi connectivity index (χ3v) is 6.01. The molecule has 1 aromatic rings. The van der Waals surface area contributed by atoms with Crippen molar-refractivity contribution in [1.29, 1.82) is 0 Å². The number of imidazole rings is 1. The molecule has 35 heavy (non-hydrogen) atoms. The summed E-state index contributed by atoms with van der Waals surface area (Å²) in [6, 6.07) is -0.819. The number of nitrogens with zero attached hydrogens (tertiary/aromatic N) is 5. The van der Waals surface area contributed by atoms with Gasteiger partial charge in [-0.3, -0.25) is 9.69 Å². The summed E-state index contributed by atoms with van der Waals surface area (Å²) in [7, 11) is 0. The summed E-state index contributed by atoms with van der Waals surface area (Å²) < 4.78 is 13.2. The molecule has 3 heterocycles. The number of likely N-dealkylation sites (tertiary alicyclic amines) is 1. The van der Waals surface area contributed by atoms with Gasteiger partial charge in [-0.15, -0.1) is 0 Å². The van der Waals surface area contributed by atoms with Crippen LogP contribution in [-0.2, 0) is 20.8 Å². The molecule has 0 saturated carbocycles. The van der Waals surface area contributed by atoms with Crippen molar-refractivity contribution in [2.24, 2.45) is 5.92 Å². The van der Waals surface area contributed by atoms with E-state index in [9.17, 15) is 14.4 Å². The van der Waals surface area contributed by atoms with Gasteiger partial charge in [-0.25, -0.2) is 14.6 Å². The molecule has 196 valence electrons. The second-order valence-corrected chi connectivity index (χ2v) is 11.6. The van der Waals surface area contributed by atoms with Crippen LogP contribution in [0.5, 0.6) is 0 Å². The summed E-state index contributed by atoms with van der Waals surface area (Å²) in [5.41, 5.74) is -0.372. The first kappa shape index (κ1) is 26.8. The first-order valence-corrected chi connectivity index (χ1v) is 12.5. The molecule has 0 unspecified atom stereocenters. The van der Waals surface area contributed by atoms with E-state index >= 15 is 0 Å². The maximum absolute atomic E-state index is 13.8. The zero-order valence-electron chi connectivity index (χ0n) is 22.2. The fraction of sp³-hybridized carbons (Fsp3) is 0.760. The zero-order valence-corrected chi connectivity index (χ0v) is 22.2. The van der Waals surface area contributed by atoms with E-state index < -0.39 is 29.4 Å². The summed E-state index contributed by atoms with van der Waals surface area (Å²) in [5.74, 6) is 0.137. The van der Waals surface area contributed by atoms with Crippen molar-refractivity contribution < 1.29 is 23.9 Å². The van der Waals surface area contributed by atoms with Crippen molar-refractivity contribution >= 4 is 18.1 Å². The molecule has 3 rings (SSSR count). The second-order valence-electron chi connectivity index (χ2n) is 11.6. The first-order valence-electron chi connectivity index (χ1n) is 12.5. The van der Waals surface area contributed by atoms with Crippen LogP contribution < -0.4 is 0 Å². The third kappa shape index (κ3) is 7.60. The van der Waals surface area contributed by atoms with E-state index in [0.29, 0.717) is 19.0 Å². The number of aryl methyl sites for hydroxylation is 1. The van der Waals surface area contributed by atoms with Gasteiger partial charge in [-0.1, -0.05) is 0 Å². The van der Waals surface area contributed by atoms with Crippen molar-refractivity contribution in [1.82, 2.24) is 24.3 Å². The number of ether oxygens (including phenoxy) is 2. The van der Waals surface area contributed by atoms with Gasteiger partial charge in [0, 0.05) is 38.9 Å². The predicted octanol–water partition coefficient (Wildman–Crippen LogP) is 3.29. The summed E-state index contributed by atoms with van der Waals surface area (Å²) in [5, 5.41) is 0. The molecule has 10 nitrogen and oxygen atoms in total. The minimum Gasteiger partial charge on any atom is -0.444 e. The molecular formula is C25H41N5O5. The van der Waals surface area contributed by atoms with E-state index in [2.05, 4.69) is 9.55 Å². The van der Waals surface area contributed by atoms with E-state index in [1.54, 1.807) is 41.5 Å². The molecule has 0 aromatic carbocycles. The molecule has 0 bridgehead atoms. The average molecular weight is 492 g/mol. The predicted molar refractivity (Wildman–Crippen MR) is 131 cm³/mol. The van der Waals surface area contributed by atoms with Crippen molar-refractivity contribution in [2.75, 3.05) is 32.7 Å². The molecule has 2 aliphatic rings. The molecule has 2 aliphatic heterocycles. The van der Waals surface area contributed by atoms with Gasteiger partial charge in [-0.05, 0) is 67.2 Å². The molecule has 0 spiro atoms. The van der Waals surface area contributed by atoms with E-state index in [1.807, 2.05) is 24.3 Å². The van der Waals surface area contributed by atoms with Crippen LogP contribution in [0.4, 0.5) is 9.59 Å². The highest BCUT2D eigenvalue weighted by atomic mass is 16.6. The molecule has 0 N–H and O–H groups in total. The number of aromatic nitrogens is 2. The van der Waals surface area contributed by atoms with Gasteiger partial charge in [0.25, 0.3) is 0 Å². The standard InChI is InChI=1S/C25H41N5O5/c1-18-13-27(17-26-18)14-19-9-8-10-28(15-19)21(31)20-16-29(22(32)34-24(2,3)4)11-12-30(20)23(33)35-25(5,6)7/h13,17,19-20H,8-12,14-16H2,1-7H3/t19-,20-/m1/s1. The number of carbonyl (C=O) groups is 3. The quantitative estimate of drug-likeness (QED) is 0.644. The van der Waals surface area contributed by atoms with Gasteiger partial charge in [0.15, 0.2) is 0 Å². The van der Waals surface area contributed by atoms with Gasteiger partial charge in [0.2, 0.25) is 5.91 Å². The molecule has 3 amide bonds. The number of piperazine rings is 1. The maximum Gasteiger partial charge on any atom is 0.411 e. The number of piperidine rings is 1. The minimum atomic E-state index is -0.819. The lowest BCUT2D eigenvalue weighted by Gasteiger charge is -2.43. The average Bonchev–Trinajstić information content (AvgIpc) is 3.15. The van der Waals surface area contributed by atoms with E-state index in [4.69, 9.17) is 9.47 Å². The Morgan fingerprint density at radius 1 is 0.943 bits per heavy atom. The molecular weight excluding hydrogens is 450 g/mol. The molecule has 0 radical (unpaired) electrons. The number of hydrogen-bond acceptors (Lipinski definition) is 6. The molecule has 0 aliphatic carbocycles. The van der Waals surface area contributed by atoms with Crippen molar-refractivity contribution in [2.45, 2.75) is 85.1 Å². The van der Waals surface area contributed by atoms with Gasteiger partial charge in [0.1, 0.15) is 17.2 Å². The van der Waals surface area contributed by atoms with E-state index in [0.717, 1.165) is 25.1 Å². The lowest BCUT2D eigenvalue weighted by Crippen LogP contribution is -2.63. The monoisotopic (exact) mass is 491 g/mol. The van der Waals surface area contributed by atoms with Gasteiger partial charge < -0.3 is 23.8 Å². The molecule has 1 aromatic heterocycles. The highest BCUT2D eigenvalue weighted by Crippen LogP contribution is 2.24. The van der Waals surface area contributed by atoms with Gasteiger partial charge in [-0.2, -0.15) is 0 Å². The van der Waals surface area contributed by atoms with Crippen LogP contribution >= 0.6 is 0 Å². The van der Waals surface area contributed by atoms with Gasteiger partial charge in [0.05, 0.1) is 18.6 Å². The largest absolute Gasteiger partial charge is 0.444 e. The number of rotatable bonds is 3. The zero-order chi connectivity index (χ0) is 26.0. The number of amides is 3. The Balaban J connectivity index is 1.75. The summed E-state index contributed by atoms with van der Waals surface area (Å²) in [4.78, 5) is 48.6. The fourth-order valence-corrected chi connectivity index (χ4v) is 4.52. The van der Waals surface area contributed by atoms with Crippen LogP contribution in [0.1, 0.15) is 60.1 Å². The molecule has 10 heteroatoms. The van der Waals surface area contributed by atoms with E-state index in [-0.39, 0.29) is 25.5 Å². The van der Waals surface area contributed by atoms with E-state index in [1.165, 1.54) is 9.80 Å². The SMILES string of the molecule is Cc1cn(C[C@H]2CCCN(C(=O)[C@H]3CN(C(=O)OC(C)(C)C)CCN3C(=O)OC(C)(C)C)C2)cn1. The van der Waals surface area contributed by atoms with Crippen molar-refractivity contribution in [3.8, 4) is 0 Å². The normalized spacial score (nSPS) is 21.6. The van der Waals surface area contributed by atoms with Crippen LogP contribution in [0.15, 0.2) is 12.5 Å². The Hall–Kier alpha value is -2.78. The minimum absolute atomic E-state index is 0.0782. The summed E-state index contributed by atoms with van der Waals surface area (Å²) in [6.07, 6.45) is 4.71. The highest BCUT2D eigenvalue weighted by molar-refractivity contribution is 5.87. The Kier molecular flexibility index (Phi) is 8.01. The van der Waals surface area contributed by atoms with Gasteiger partial charge >= 0.3 is 12.2 Å². The summed E-state index contributed by atoms with van der Waals surface area (Å²) in [6.45, 7) is 15.3. The number of hydrogen-bond donors (Lipinski definition) is 0. The summed E-state index contributed by atoms with van der Waals surface area (Å²) >= 11 is 0. The third-order valence-electron chi connectivity index (χ3n) is 6.01. The lowest BCUT2D eigenvalue weighted by molar-refractivity contribution is -0.141. The first-order chi connectivity index (χ1) is 16.2. The van der Waals surface area contributed by atoms with Crippen LogP contribution in [-0.4, -0.2) is 92.3 Å². The van der Waals surface area contributed by atoms with Crippen LogP contribution in [0, 0.1) is 12.8 Å². The Morgan fingerprint density at radius 2 is 1.60 bits per heavy atom. The van der Waals surface area contributed by atoms with Crippen LogP contribution in [0.25, 0.3) is 0 Å². The smallest absolute Gasteiger partial charge is 0.411 e. The number of carbonyl (C=O) groups excluding carboxylic acids is 3. The lowest BCUT2D eigenvalue weighted by atomic mass is 9.97. The Bertz CT molecular complexity index is 916.